The molecule has 11 rings (SSSR count). The second kappa shape index (κ2) is 13.1. The lowest BCUT2D eigenvalue weighted by Crippen LogP contribution is -1.96. The highest BCUT2D eigenvalue weighted by molar-refractivity contribution is 6.19. The summed E-state index contributed by atoms with van der Waals surface area (Å²) >= 11 is 0. The Morgan fingerprint density at radius 1 is 0.250 bits per heavy atom. The van der Waals surface area contributed by atoms with Crippen molar-refractivity contribution < 1.29 is 0 Å². The molecule has 0 saturated carbocycles. The van der Waals surface area contributed by atoms with Crippen molar-refractivity contribution >= 4 is 43.6 Å². The van der Waals surface area contributed by atoms with Crippen molar-refractivity contribution in [3.63, 3.8) is 0 Å². The van der Waals surface area contributed by atoms with Crippen LogP contribution in [0.15, 0.2) is 212 Å². The van der Waals surface area contributed by atoms with Gasteiger partial charge in [-0.2, -0.15) is 0 Å². The first-order chi connectivity index (χ1) is 27.8. The summed E-state index contributed by atoms with van der Waals surface area (Å²) < 4.78 is 4.87. The third-order valence-electron chi connectivity index (χ3n) is 11.1. The molecule has 3 heterocycles. The Bertz CT molecular complexity index is 3170. The highest BCUT2D eigenvalue weighted by atomic mass is 15.0. The van der Waals surface area contributed by atoms with Crippen molar-refractivity contribution in [2.45, 2.75) is 0 Å². The van der Waals surface area contributed by atoms with E-state index in [0.717, 1.165) is 45.0 Å². The maximum Gasteiger partial charge on any atom is 0.0715 e. The zero-order valence-electron chi connectivity index (χ0n) is 30.5. The van der Waals surface area contributed by atoms with E-state index < -0.39 is 0 Å². The Balaban J connectivity index is 1.12. The predicted octanol–water partition coefficient (Wildman–Crippen LogP) is 13.9. The number of fused-ring (bicyclic) bond motifs is 6. The number of pyridine rings is 1. The summed E-state index contributed by atoms with van der Waals surface area (Å²) in [6.45, 7) is 0. The molecule has 0 aliphatic heterocycles. The molecule has 0 aliphatic rings. The van der Waals surface area contributed by atoms with E-state index in [1.54, 1.807) is 0 Å². The Kier molecular flexibility index (Phi) is 7.49. The number of nitrogens with zero attached hydrogens (tertiary/aromatic N) is 3. The summed E-state index contributed by atoms with van der Waals surface area (Å²) in [5.74, 6) is 0. The van der Waals surface area contributed by atoms with Gasteiger partial charge < -0.3 is 9.13 Å². The van der Waals surface area contributed by atoms with Gasteiger partial charge in [-0.15, -0.1) is 0 Å². The molecule has 8 aromatic carbocycles. The molecule has 0 saturated heterocycles. The summed E-state index contributed by atoms with van der Waals surface area (Å²) in [7, 11) is 0. The smallest absolute Gasteiger partial charge is 0.0715 e. The van der Waals surface area contributed by atoms with Crippen LogP contribution in [0.4, 0.5) is 0 Å². The van der Waals surface area contributed by atoms with Crippen LogP contribution in [0.3, 0.4) is 0 Å². The maximum absolute atomic E-state index is 5.14. The molecule has 0 bridgehead atoms. The lowest BCUT2D eigenvalue weighted by molar-refractivity contribution is 1.17. The fourth-order valence-electron chi connectivity index (χ4n) is 8.48. The van der Waals surface area contributed by atoms with Crippen molar-refractivity contribution in [1.82, 2.24) is 14.1 Å². The minimum Gasteiger partial charge on any atom is -0.309 e. The van der Waals surface area contributed by atoms with Crippen LogP contribution in [0, 0.1) is 0 Å². The Hall–Kier alpha value is -7.49. The zero-order chi connectivity index (χ0) is 37.0. The second-order valence-corrected chi connectivity index (χ2v) is 14.4. The Morgan fingerprint density at radius 3 is 1.12 bits per heavy atom. The quantitative estimate of drug-likeness (QED) is 0.168. The summed E-state index contributed by atoms with van der Waals surface area (Å²) in [4.78, 5) is 5.14. The molecule has 3 heteroatoms. The molecule has 3 nitrogen and oxygen atoms in total. The van der Waals surface area contributed by atoms with Crippen molar-refractivity contribution in [2.75, 3.05) is 0 Å². The molecule has 0 atom stereocenters. The minimum atomic E-state index is 0.956. The molecule has 56 heavy (non-hydrogen) atoms. The molecule has 0 N–H and O–H groups in total. The summed E-state index contributed by atoms with van der Waals surface area (Å²) in [6.07, 6.45) is 0. The van der Waals surface area contributed by atoms with E-state index in [-0.39, 0.29) is 0 Å². The Morgan fingerprint density at radius 2 is 0.643 bits per heavy atom. The molecule has 11 aromatic rings. The molecule has 0 spiro atoms. The van der Waals surface area contributed by atoms with Gasteiger partial charge in [-0.1, -0.05) is 152 Å². The van der Waals surface area contributed by atoms with Gasteiger partial charge in [-0.3, -0.25) is 0 Å². The van der Waals surface area contributed by atoms with Gasteiger partial charge in [-0.25, -0.2) is 4.98 Å². The van der Waals surface area contributed by atoms with Gasteiger partial charge in [0.15, 0.2) is 0 Å². The van der Waals surface area contributed by atoms with E-state index in [9.17, 15) is 0 Å². The fraction of sp³-hybridized carbons (Fsp3) is 0. The molecular weight excluding hydrogens is 679 g/mol. The average molecular weight is 714 g/mol. The van der Waals surface area contributed by atoms with Gasteiger partial charge in [-0.05, 0) is 82.9 Å². The molecule has 262 valence electrons. The Labute approximate surface area is 325 Å². The highest BCUT2D eigenvalue weighted by Gasteiger charge is 2.19. The van der Waals surface area contributed by atoms with Gasteiger partial charge in [0, 0.05) is 44.0 Å². The SMILES string of the molecule is c1ccc(-c2cccc(-n3c4ccccc4c4cc5c(cc43)c3ccccc3n5-c3cccc(-c4cc(-c5ccccc5)nc(-c5ccccc5)c4)c3)c2)cc1. The van der Waals surface area contributed by atoms with E-state index in [0.29, 0.717) is 0 Å². The molecule has 0 amide bonds. The van der Waals surface area contributed by atoms with Crippen LogP contribution in [0.2, 0.25) is 0 Å². The van der Waals surface area contributed by atoms with Gasteiger partial charge in [0.25, 0.3) is 0 Å². The van der Waals surface area contributed by atoms with Crippen LogP contribution in [-0.2, 0) is 0 Å². The van der Waals surface area contributed by atoms with Gasteiger partial charge in [0.2, 0.25) is 0 Å². The fourth-order valence-corrected chi connectivity index (χ4v) is 8.48. The molecule has 0 aliphatic carbocycles. The first-order valence-corrected chi connectivity index (χ1v) is 19.1. The van der Waals surface area contributed by atoms with Gasteiger partial charge in [0.1, 0.15) is 0 Å². The van der Waals surface area contributed by atoms with Crippen molar-refractivity contribution in [3.05, 3.63) is 212 Å². The maximum atomic E-state index is 5.14. The summed E-state index contributed by atoms with van der Waals surface area (Å²) in [5.41, 5.74) is 15.8. The first-order valence-electron chi connectivity index (χ1n) is 19.1. The van der Waals surface area contributed by atoms with E-state index in [4.69, 9.17) is 4.98 Å². The minimum absolute atomic E-state index is 0.956. The number of para-hydroxylation sites is 2. The normalized spacial score (nSPS) is 11.6. The second-order valence-electron chi connectivity index (χ2n) is 14.4. The lowest BCUT2D eigenvalue weighted by atomic mass is 9.99. The number of aromatic nitrogens is 3. The summed E-state index contributed by atoms with van der Waals surface area (Å²) in [6, 6.07) is 76.3. The van der Waals surface area contributed by atoms with Crippen LogP contribution in [0.25, 0.3) is 99.8 Å². The molecule has 0 unspecified atom stereocenters. The average Bonchev–Trinajstić information content (AvgIpc) is 3.78. The van der Waals surface area contributed by atoms with E-state index in [1.807, 2.05) is 0 Å². The van der Waals surface area contributed by atoms with Crippen LogP contribution in [0.5, 0.6) is 0 Å². The highest BCUT2D eigenvalue weighted by Crippen LogP contribution is 2.41. The van der Waals surface area contributed by atoms with Gasteiger partial charge >= 0.3 is 0 Å². The van der Waals surface area contributed by atoms with E-state index >= 15 is 0 Å². The zero-order valence-corrected chi connectivity index (χ0v) is 30.5. The standard InChI is InChI=1S/C53H35N3/c1-4-16-36(17-5-1)39-22-14-24-42(30-39)55-50-28-12-10-26-44(50)46-35-53-47(34-52(46)55)45-27-11-13-29-51(45)56(53)43-25-15-23-40(31-43)41-32-48(37-18-6-2-7-19-37)54-49(33-41)38-20-8-3-9-21-38/h1-35H. The summed E-state index contributed by atoms with van der Waals surface area (Å²) in [5, 5.41) is 4.92. The van der Waals surface area contributed by atoms with Crippen LogP contribution < -0.4 is 0 Å². The van der Waals surface area contributed by atoms with Crippen molar-refractivity contribution in [3.8, 4) is 56.1 Å². The largest absolute Gasteiger partial charge is 0.309 e. The van der Waals surface area contributed by atoms with Crippen LogP contribution in [-0.4, -0.2) is 14.1 Å². The third-order valence-corrected chi connectivity index (χ3v) is 11.1. The predicted molar refractivity (Wildman–Crippen MR) is 235 cm³/mol. The molecule has 3 aromatic heterocycles. The number of rotatable bonds is 6. The topological polar surface area (TPSA) is 22.8 Å². The number of hydrogen-bond acceptors (Lipinski definition) is 1. The molecule has 0 radical (unpaired) electrons. The first kappa shape index (κ1) is 32.0. The number of hydrogen-bond donors (Lipinski definition) is 0. The van der Waals surface area contributed by atoms with Crippen LogP contribution >= 0.6 is 0 Å². The lowest BCUT2D eigenvalue weighted by Gasteiger charge is -2.13. The van der Waals surface area contributed by atoms with Crippen molar-refractivity contribution in [1.29, 1.82) is 0 Å². The van der Waals surface area contributed by atoms with Crippen LogP contribution in [0.1, 0.15) is 0 Å². The van der Waals surface area contributed by atoms with E-state index in [1.165, 1.54) is 54.7 Å². The third kappa shape index (κ3) is 5.32. The van der Waals surface area contributed by atoms with Gasteiger partial charge in [0.05, 0.1) is 33.5 Å². The molecule has 0 fully saturated rings. The molecular formula is C53H35N3. The van der Waals surface area contributed by atoms with Crippen molar-refractivity contribution in [2.24, 2.45) is 0 Å². The van der Waals surface area contributed by atoms with E-state index in [2.05, 4.69) is 221 Å². The number of benzene rings is 8. The monoisotopic (exact) mass is 713 g/mol.